The molecule has 2 aromatic heterocycles. The summed E-state index contributed by atoms with van der Waals surface area (Å²) in [6, 6.07) is 4.05. The zero-order chi connectivity index (χ0) is 16.2. The van der Waals surface area contributed by atoms with Crippen molar-refractivity contribution in [2.45, 2.75) is 19.4 Å². The summed E-state index contributed by atoms with van der Waals surface area (Å²) in [4.78, 5) is 18.6. The van der Waals surface area contributed by atoms with Crippen LogP contribution in [-0.2, 0) is 16.1 Å². The number of hydrogen-bond donors (Lipinski definition) is 0. The second-order valence-corrected chi connectivity index (χ2v) is 6.12. The fourth-order valence-electron chi connectivity index (χ4n) is 3.24. The summed E-state index contributed by atoms with van der Waals surface area (Å²) < 4.78 is 7.05. The summed E-state index contributed by atoms with van der Waals surface area (Å²) >= 11 is 0. The van der Waals surface area contributed by atoms with E-state index >= 15 is 0 Å². The highest BCUT2D eigenvalue weighted by Gasteiger charge is 2.36. The molecule has 0 unspecified atom stereocenters. The molecule has 1 amide bonds. The Morgan fingerprint density at radius 3 is 2.78 bits per heavy atom. The largest absolute Gasteiger partial charge is 0.384 e. The van der Waals surface area contributed by atoms with Crippen LogP contribution in [0.15, 0.2) is 36.9 Å². The minimum absolute atomic E-state index is 0.103. The number of amides is 1. The number of aryl methyl sites for hydroxylation is 1. The Morgan fingerprint density at radius 1 is 1.35 bits per heavy atom. The van der Waals surface area contributed by atoms with Crippen molar-refractivity contribution in [2.75, 3.05) is 26.8 Å². The molecule has 1 aliphatic rings. The SMILES string of the molecule is COC[C@@H]1CN(C(=O)Cn2cc(C)cn2)C[C@H]1c1ccncc1. The van der Waals surface area contributed by atoms with E-state index in [1.807, 2.05) is 30.2 Å². The maximum absolute atomic E-state index is 12.6. The summed E-state index contributed by atoms with van der Waals surface area (Å²) in [5.41, 5.74) is 2.28. The van der Waals surface area contributed by atoms with Gasteiger partial charge in [-0.2, -0.15) is 5.10 Å². The zero-order valence-corrected chi connectivity index (χ0v) is 13.6. The summed E-state index contributed by atoms with van der Waals surface area (Å²) in [5.74, 6) is 0.706. The molecule has 2 atom stereocenters. The highest BCUT2D eigenvalue weighted by Crippen LogP contribution is 2.32. The quantitative estimate of drug-likeness (QED) is 0.838. The molecule has 0 bridgehead atoms. The summed E-state index contributed by atoms with van der Waals surface area (Å²) in [6.45, 7) is 4.35. The first kappa shape index (κ1) is 15.7. The monoisotopic (exact) mass is 314 g/mol. The third kappa shape index (κ3) is 3.59. The van der Waals surface area contributed by atoms with Gasteiger partial charge in [0.25, 0.3) is 0 Å². The first-order chi connectivity index (χ1) is 11.2. The molecule has 1 fully saturated rings. The van der Waals surface area contributed by atoms with Crippen molar-refractivity contribution < 1.29 is 9.53 Å². The molecule has 0 spiro atoms. The number of rotatable bonds is 5. The summed E-state index contributed by atoms with van der Waals surface area (Å²) in [7, 11) is 1.71. The molecule has 3 rings (SSSR count). The molecule has 0 aliphatic carbocycles. The van der Waals surface area contributed by atoms with E-state index in [-0.39, 0.29) is 12.5 Å². The van der Waals surface area contributed by atoms with Crippen LogP contribution >= 0.6 is 0 Å². The zero-order valence-electron chi connectivity index (χ0n) is 13.6. The second kappa shape index (κ2) is 6.91. The number of ether oxygens (including phenoxy) is 1. The summed E-state index contributed by atoms with van der Waals surface area (Å²) in [6.07, 6.45) is 7.26. The predicted octanol–water partition coefficient (Wildman–Crippen LogP) is 1.48. The van der Waals surface area contributed by atoms with Crippen LogP contribution in [0, 0.1) is 12.8 Å². The van der Waals surface area contributed by atoms with E-state index in [1.54, 1.807) is 30.4 Å². The molecule has 122 valence electrons. The van der Waals surface area contributed by atoms with Gasteiger partial charge < -0.3 is 9.64 Å². The van der Waals surface area contributed by atoms with Gasteiger partial charge in [0.15, 0.2) is 0 Å². The number of nitrogens with zero attached hydrogens (tertiary/aromatic N) is 4. The fourth-order valence-corrected chi connectivity index (χ4v) is 3.24. The number of carbonyl (C=O) groups excluding carboxylic acids is 1. The van der Waals surface area contributed by atoms with Crippen molar-refractivity contribution in [3.8, 4) is 0 Å². The van der Waals surface area contributed by atoms with Crippen molar-refractivity contribution in [2.24, 2.45) is 5.92 Å². The van der Waals surface area contributed by atoms with Gasteiger partial charge in [0.1, 0.15) is 6.54 Å². The number of aromatic nitrogens is 3. The highest BCUT2D eigenvalue weighted by molar-refractivity contribution is 5.76. The minimum Gasteiger partial charge on any atom is -0.384 e. The number of carbonyl (C=O) groups is 1. The van der Waals surface area contributed by atoms with E-state index in [4.69, 9.17) is 4.74 Å². The topological polar surface area (TPSA) is 60.2 Å². The lowest BCUT2D eigenvalue weighted by molar-refractivity contribution is -0.131. The van der Waals surface area contributed by atoms with Crippen LogP contribution in [0.3, 0.4) is 0 Å². The normalized spacial score (nSPS) is 20.9. The van der Waals surface area contributed by atoms with Crippen LogP contribution < -0.4 is 0 Å². The van der Waals surface area contributed by atoms with Gasteiger partial charge in [0.05, 0.1) is 12.8 Å². The lowest BCUT2D eigenvalue weighted by atomic mass is 9.90. The average molecular weight is 314 g/mol. The Bertz CT molecular complexity index is 656. The molecule has 1 aliphatic heterocycles. The molecule has 0 radical (unpaired) electrons. The molecule has 6 heteroatoms. The first-order valence-corrected chi connectivity index (χ1v) is 7.83. The van der Waals surface area contributed by atoms with Crippen molar-refractivity contribution in [1.29, 1.82) is 0 Å². The first-order valence-electron chi connectivity index (χ1n) is 7.83. The summed E-state index contributed by atoms with van der Waals surface area (Å²) in [5, 5.41) is 4.20. The minimum atomic E-state index is 0.103. The molecule has 0 saturated carbocycles. The van der Waals surface area contributed by atoms with Crippen molar-refractivity contribution in [1.82, 2.24) is 19.7 Å². The van der Waals surface area contributed by atoms with Crippen molar-refractivity contribution in [3.05, 3.63) is 48.0 Å². The maximum Gasteiger partial charge on any atom is 0.244 e. The van der Waals surface area contributed by atoms with Crippen LogP contribution in [0.4, 0.5) is 0 Å². The van der Waals surface area contributed by atoms with Crippen molar-refractivity contribution in [3.63, 3.8) is 0 Å². The van der Waals surface area contributed by atoms with Crippen LogP contribution in [0.2, 0.25) is 0 Å². The Morgan fingerprint density at radius 2 is 2.13 bits per heavy atom. The molecular weight excluding hydrogens is 292 g/mol. The molecule has 0 N–H and O–H groups in total. The van der Waals surface area contributed by atoms with Crippen LogP contribution in [0.25, 0.3) is 0 Å². The molecular formula is C17H22N4O2. The van der Waals surface area contributed by atoms with Gasteiger partial charge in [-0.3, -0.25) is 14.5 Å². The smallest absolute Gasteiger partial charge is 0.244 e. The van der Waals surface area contributed by atoms with Gasteiger partial charge in [-0.25, -0.2) is 0 Å². The third-order valence-corrected chi connectivity index (χ3v) is 4.37. The molecule has 6 nitrogen and oxygen atoms in total. The standard InChI is InChI=1S/C17H22N4O2/c1-13-7-19-21(8-13)11-17(22)20-9-15(12-23-2)16(10-20)14-3-5-18-6-4-14/h3-8,15-16H,9-12H2,1-2H3/t15-,16-/m0/s1. The van der Waals surface area contributed by atoms with E-state index < -0.39 is 0 Å². The Kier molecular flexibility index (Phi) is 4.71. The molecule has 3 heterocycles. The molecule has 2 aromatic rings. The number of likely N-dealkylation sites (tertiary alicyclic amines) is 1. The van der Waals surface area contributed by atoms with Gasteiger partial charge in [-0.05, 0) is 30.2 Å². The number of methoxy groups -OCH3 is 1. The maximum atomic E-state index is 12.6. The van der Waals surface area contributed by atoms with E-state index in [9.17, 15) is 4.79 Å². The molecule has 0 aromatic carbocycles. The fraction of sp³-hybridized carbons (Fsp3) is 0.471. The van der Waals surface area contributed by atoms with E-state index in [0.717, 1.165) is 18.7 Å². The van der Waals surface area contributed by atoms with E-state index in [2.05, 4.69) is 10.1 Å². The lowest BCUT2D eigenvalue weighted by Crippen LogP contribution is -2.32. The van der Waals surface area contributed by atoms with Crippen LogP contribution in [0.1, 0.15) is 17.0 Å². The molecule has 23 heavy (non-hydrogen) atoms. The van der Waals surface area contributed by atoms with Gasteiger partial charge in [-0.15, -0.1) is 0 Å². The lowest BCUT2D eigenvalue weighted by Gasteiger charge is -2.17. The third-order valence-electron chi connectivity index (χ3n) is 4.37. The Labute approximate surface area is 136 Å². The van der Waals surface area contributed by atoms with E-state index in [0.29, 0.717) is 18.4 Å². The van der Waals surface area contributed by atoms with E-state index in [1.165, 1.54) is 5.56 Å². The predicted molar refractivity (Wildman–Crippen MR) is 85.9 cm³/mol. The highest BCUT2D eigenvalue weighted by atomic mass is 16.5. The average Bonchev–Trinajstić information content (AvgIpc) is 3.15. The Balaban J connectivity index is 1.70. The Hall–Kier alpha value is -2.21. The van der Waals surface area contributed by atoms with Gasteiger partial charge in [-0.1, -0.05) is 0 Å². The molecule has 1 saturated heterocycles. The van der Waals surface area contributed by atoms with Gasteiger partial charge in [0, 0.05) is 50.6 Å². The van der Waals surface area contributed by atoms with Crippen molar-refractivity contribution >= 4 is 5.91 Å². The van der Waals surface area contributed by atoms with Gasteiger partial charge in [0.2, 0.25) is 5.91 Å². The second-order valence-electron chi connectivity index (χ2n) is 6.12. The number of pyridine rings is 1. The van der Waals surface area contributed by atoms with Crippen LogP contribution in [0.5, 0.6) is 0 Å². The van der Waals surface area contributed by atoms with Crippen LogP contribution in [-0.4, -0.2) is 52.4 Å². The number of hydrogen-bond acceptors (Lipinski definition) is 4. The van der Waals surface area contributed by atoms with Gasteiger partial charge >= 0.3 is 0 Å².